The van der Waals surface area contributed by atoms with E-state index in [1.807, 2.05) is 0 Å². The Morgan fingerprint density at radius 3 is 2.55 bits per heavy atom. The summed E-state index contributed by atoms with van der Waals surface area (Å²) in [5, 5.41) is 0. The summed E-state index contributed by atoms with van der Waals surface area (Å²) in [6, 6.07) is 0. The number of unbranched alkanes of at least 4 members (excludes halogenated alkanes) is 1. The molecule has 0 bridgehead atoms. The summed E-state index contributed by atoms with van der Waals surface area (Å²) < 4.78 is 0. The number of aldehydes is 1. The summed E-state index contributed by atoms with van der Waals surface area (Å²) in [6.45, 7) is 2.37. The highest BCUT2D eigenvalue weighted by molar-refractivity contribution is 5.48. The predicted octanol–water partition coefficient (Wildman–Crippen LogP) is 2.94. The molecule has 0 amide bonds. The van der Waals surface area contributed by atoms with Crippen molar-refractivity contribution in [3.05, 3.63) is 0 Å². The van der Waals surface area contributed by atoms with Gasteiger partial charge in [0.1, 0.15) is 6.29 Å². The summed E-state index contributed by atoms with van der Waals surface area (Å²) >= 11 is 0. The van der Waals surface area contributed by atoms with E-state index in [0.717, 1.165) is 19.1 Å². The molecule has 1 heteroatoms. The van der Waals surface area contributed by atoms with Gasteiger partial charge in [-0.25, -0.2) is 0 Å². The molecule has 1 rings (SSSR count). The monoisotopic (exact) mass is 154 g/mol. The molecule has 0 unspecified atom stereocenters. The van der Waals surface area contributed by atoms with Gasteiger partial charge in [-0.1, -0.05) is 19.8 Å². The molecule has 0 saturated heterocycles. The summed E-state index contributed by atoms with van der Waals surface area (Å²) in [4.78, 5) is 10.1. The maximum atomic E-state index is 10.1. The number of carbonyl (C=O) groups is 1. The minimum absolute atomic E-state index is 0.586. The van der Waals surface area contributed by atoms with Crippen LogP contribution in [0.4, 0.5) is 0 Å². The van der Waals surface area contributed by atoms with Crippen LogP contribution in [-0.2, 0) is 4.79 Å². The fraction of sp³-hybridized carbons (Fsp3) is 0.900. The summed E-state index contributed by atoms with van der Waals surface area (Å²) in [6.07, 6.45) is 9.71. The van der Waals surface area contributed by atoms with E-state index in [1.165, 1.54) is 32.1 Å². The zero-order valence-electron chi connectivity index (χ0n) is 7.44. The van der Waals surface area contributed by atoms with Crippen molar-refractivity contribution in [2.75, 3.05) is 0 Å². The standard InChI is InChI=1S/C10H18O/c1-10(6-2-3-7-10)8-4-5-9-11/h9H,2-8H2,1H3. The van der Waals surface area contributed by atoms with Crippen LogP contribution in [0.2, 0.25) is 0 Å². The highest BCUT2D eigenvalue weighted by Gasteiger charge is 2.27. The molecular weight excluding hydrogens is 136 g/mol. The minimum Gasteiger partial charge on any atom is -0.303 e. The SMILES string of the molecule is CC1(CCCC=O)CCCC1. The van der Waals surface area contributed by atoms with Crippen molar-refractivity contribution >= 4 is 6.29 Å². The maximum Gasteiger partial charge on any atom is 0.119 e. The Hall–Kier alpha value is -0.330. The van der Waals surface area contributed by atoms with Gasteiger partial charge in [0.15, 0.2) is 0 Å². The van der Waals surface area contributed by atoms with Gasteiger partial charge in [0.2, 0.25) is 0 Å². The first-order valence-corrected chi connectivity index (χ1v) is 4.70. The highest BCUT2D eigenvalue weighted by Crippen LogP contribution is 2.41. The molecule has 1 fully saturated rings. The Bertz CT molecular complexity index is 123. The summed E-state index contributed by atoms with van der Waals surface area (Å²) in [5.41, 5.74) is 0.586. The first-order valence-electron chi connectivity index (χ1n) is 4.70. The molecule has 0 spiro atoms. The van der Waals surface area contributed by atoms with Gasteiger partial charge >= 0.3 is 0 Å². The molecule has 1 saturated carbocycles. The van der Waals surface area contributed by atoms with Crippen LogP contribution >= 0.6 is 0 Å². The van der Waals surface area contributed by atoms with Gasteiger partial charge in [0.25, 0.3) is 0 Å². The van der Waals surface area contributed by atoms with Gasteiger partial charge in [-0.05, 0) is 31.1 Å². The van der Waals surface area contributed by atoms with E-state index < -0.39 is 0 Å². The average molecular weight is 154 g/mol. The topological polar surface area (TPSA) is 17.1 Å². The number of hydrogen-bond donors (Lipinski definition) is 0. The summed E-state index contributed by atoms with van der Waals surface area (Å²) in [7, 11) is 0. The second-order valence-corrected chi connectivity index (χ2v) is 4.08. The quantitative estimate of drug-likeness (QED) is 0.449. The minimum atomic E-state index is 0.586. The van der Waals surface area contributed by atoms with Gasteiger partial charge in [0, 0.05) is 6.42 Å². The van der Waals surface area contributed by atoms with Crippen molar-refractivity contribution in [2.45, 2.75) is 51.9 Å². The predicted molar refractivity (Wildman–Crippen MR) is 46.5 cm³/mol. The fourth-order valence-corrected chi connectivity index (χ4v) is 2.09. The van der Waals surface area contributed by atoms with Crippen molar-refractivity contribution in [3.63, 3.8) is 0 Å². The highest BCUT2D eigenvalue weighted by atomic mass is 16.1. The van der Waals surface area contributed by atoms with Crippen LogP contribution in [0.5, 0.6) is 0 Å². The van der Waals surface area contributed by atoms with E-state index in [0.29, 0.717) is 5.41 Å². The molecular formula is C10H18O. The zero-order chi connectivity index (χ0) is 8.16. The van der Waals surface area contributed by atoms with Gasteiger partial charge in [-0.3, -0.25) is 0 Å². The zero-order valence-corrected chi connectivity index (χ0v) is 7.44. The third-order valence-corrected chi connectivity index (χ3v) is 2.91. The molecule has 0 aromatic carbocycles. The molecule has 0 aromatic rings. The van der Waals surface area contributed by atoms with Gasteiger partial charge in [0.05, 0.1) is 0 Å². The van der Waals surface area contributed by atoms with Crippen molar-refractivity contribution in [2.24, 2.45) is 5.41 Å². The summed E-state index contributed by atoms with van der Waals surface area (Å²) in [5.74, 6) is 0. The Labute approximate surface area is 69.2 Å². The molecule has 0 aliphatic heterocycles. The van der Waals surface area contributed by atoms with Crippen molar-refractivity contribution in [1.82, 2.24) is 0 Å². The molecule has 1 nitrogen and oxygen atoms in total. The number of rotatable bonds is 4. The molecule has 0 atom stereocenters. The molecule has 11 heavy (non-hydrogen) atoms. The van der Waals surface area contributed by atoms with Crippen molar-refractivity contribution in [1.29, 1.82) is 0 Å². The number of carbonyl (C=O) groups excluding carboxylic acids is 1. The van der Waals surface area contributed by atoms with E-state index in [9.17, 15) is 4.79 Å². The lowest BCUT2D eigenvalue weighted by molar-refractivity contribution is -0.108. The van der Waals surface area contributed by atoms with E-state index in [4.69, 9.17) is 0 Å². The molecule has 1 aliphatic rings. The lowest BCUT2D eigenvalue weighted by Crippen LogP contribution is -2.10. The molecule has 0 radical (unpaired) electrons. The van der Waals surface area contributed by atoms with Gasteiger partial charge < -0.3 is 4.79 Å². The lowest BCUT2D eigenvalue weighted by Gasteiger charge is -2.22. The lowest BCUT2D eigenvalue weighted by atomic mass is 9.83. The Kier molecular flexibility index (Phi) is 3.10. The average Bonchev–Trinajstić information content (AvgIpc) is 2.38. The van der Waals surface area contributed by atoms with Crippen LogP contribution in [0.1, 0.15) is 51.9 Å². The first kappa shape index (κ1) is 8.76. The smallest absolute Gasteiger partial charge is 0.119 e. The first-order chi connectivity index (χ1) is 5.27. The Morgan fingerprint density at radius 1 is 1.36 bits per heavy atom. The largest absolute Gasteiger partial charge is 0.303 e. The molecule has 0 heterocycles. The van der Waals surface area contributed by atoms with Crippen LogP contribution in [0, 0.1) is 5.41 Å². The van der Waals surface area contributed by atoms with Crippen LogP contribution in [0.25, 0.3) is 0 Å². The fourth-order valence-electron chi connectivity index (χ4n) is 2.09. The number of hydrogen-bond acceptors (Lipinski definition) is 1. The third-order valence-electron chi connectivity index (χ3n) is 2.91. The van der Waals surface area contributed by atoms with E-state index >= 15 is 0 Å². The van der Waals surface area contributed by atoms with Crippen LogP contribution in [0.15, 0.2) is 0 Å². The van der Waals surface area contributed by atoms with Crippen LogP contribution in [0.3, 0.4) is 0 Å². The van der Waals surface area contributed by atoms with Crippen molar-refractivity contribution < 1.29 is 4.79 Å². The normalized spacial score (nSPS) is 21.9. The van der Waals surface area contributed by atoms with Gasteiger partial charge in [-0.15, -0.1) is 0 Å². The van der Waals surface area contributed by atoms with E-state index in [2.05, 4.69) is 6.92 Å². The Morgan fingerprint density at radius 2 is 2.00 bits per heavy atom. The van der Waals surface area contributed by atoms with E-state index in [-0.39, 0.29) is 0 Å². The van der Waals surface area contributed by atoms with Crippen molar-refractivity contribution in [3.8, 4) is 0 Å². The molecule has 1 aliphatic carbocycles. The van der Waals surface area contributed by atoms with E-state index in [1.54, 1.807) is 0 Å². The molecule has 0 aromatic heterocycles. The second-order valence-electron chi connectivity index (χ2n) is 4.08. The van der Waals surface area contributed by atoms with Crippen LogP contribution in [-0.4, -0.2) is 6.29 Å². The second kappa shape index (κ2) is 3.89. The Balaban J connectivity index is 2.17. The molecule has 64 valence electrons. The molecule has 0 N–H and O–H groups in total. The van der Waals surface area contributed by atoms with Crippen LogP contribution < -0.4 is 0 Å². The third kappa shape index (κ3) is 2.64. The van der Waals surface area contributed by atoms with Gasteiger partial charge in [-0.2, -0.15) is 0 Å². The maximum absolute atomic E-state index is 10.1.